The van der Waals surface area contributed by atoms with Gasteiger partial charge in [0.15, 0.2) is 0 Å². The molecular weight excluding hydrogens is 236 g/mol. The van der Waals surface area contributed by atoms with Gasteiger partial charge in [-0.3, -0.25) is 0 Å². The lowest BCUT2D eigenvalue weighted by Gasteiger charge is -2.14. The fourth-order valence-electron chi connectivity index (χ4n) is 2.43. The van der Waals surface area contributed by atoms with Crippen molar-refractivity contribution in [2.45, 2.75) is 19.4 Å². The molecule has 2 aromatic carbocycles. The Bertz CT molecular complexity index is 570. The molecule has 0 aromatic heterocycles. The molecule has 1 unspecified atom stereocenters. The lowest BCUT2D eigenvalue weighted by atomic mass is 10.1. The van der Waals surface area contributed by atoms with Crippen molar-refractivity contribution in [1.82, 2.24) is 0 Å². The predicted molar refractivity (Wildman–Crippen MR) is 78.6 cm³/mol. The number of aryl methyl sites for hydroxylation is 1. The molecular formula is C16H18N2O. The highest BCUT2D eigenvalue weighted by molar-refractivity contribution is 5.66. The molecule has 1 aliphatic rings. The molecule has 98 valence electrons. The molecule has 3 nitrogen and oxygen atoms in total. The molecule has 0 spiro atoms. The highest BCUT2D eigenvalue weighted by atomic mass is 16.5. The summed E-state index contributed by atoms with van der Waals surface area (Å²) >= 11 is 0. The number of ether oxygens (including phenoxy) is 1. The van der Waals surface area contributed by atoms with Gasteiger partial charge >= 0.3 is 0 Å². The molecule has 0 aliphatic carbocycles. The molecule has 19 heavy (non-hydrogen) atoms. The van der Waals surface area contributed by atoms with Gasteiger partial charge < -0.3 is 15.8 Å². The van der Waals surface area contributed by atoms with E-state index in [1.165, 1.54) is 11.1 Å². The minimum Gasteiger partial charge on any atom is -0.488 e. The van der Waals surface area contributed by atoms with Crippen LogP contribution < -0.4 is 15.8 Å². The largest absolute Gasteiger partial charge is 0.488 e. The summed E-state index contributed by atoms with van der Waals surface area (Å²) in [4.78, 5) is 0. The first-order valence-electron chi connectivity index (χ1n) is 6.57. The van der Waals surface area contributed by atoms with Crippen LogP contribution in [0.15, 0.2) is 42.5 Å². The topological polar surface area (TPSA) is 47.3 Å². The average Bonchev–Trinajstić information content (AvgIpc) is 2.80. The first-order valence-corrected chi connectivity index (χ1v) is 6.57. The van der Waals surface area contributed by atoms with E-state index in [0.29, 0.717) is 0 Å². The quantitative estimate of drug-likeness (QED) is 0.828. The van der Waals surface area contributed by atoms with E-state index in [2.05, 4.69) is 23.5 Å². The number of anilines is 2. The molecule has 0 bridgehead atoms. The van der Waals surface area contributed by atoms with Crippen molar-refractivity contribution < 1.29 is 4.74 Å². The van der Waals surface area contributed by atoms with E-state index in [4.69, 9.17) is 10.5 Å². The van der Waals surface area contributed by atoms with E-state index in [1.807, 2.05) is 31.2 Å². The maximum atomic E-state index is 5.99. The van der Waals surface area contributed by atoms with Crippen LogP contribution in [0.2, 0.25) is 0 Å². The summed E-state index contributed by atoms with van der Waals surface area (Å²) in [7, 11) is 0. The third-order valence-electron chi connectivity index (χ3n) is 3.44. The highest BCUT2D eigenvalue weighted by Crippen LogP contribution is 2.28. The van der Waals surface area contributed by atoms with Crippen molar-refractivity contribution in [3.63, 3.8) is 0 Å². The van der Waals surface area contributed by atoms with Crippen molar-refractivity contribution in [3.8, 4) is 5.75 Å². The second-order valence-corrected chi connectivity index (χ2v) is 5.02. The smallest absolute Gasteiger partial charge is 0.123 e. The molecule has 0 saturated carbocycles. The average molecular weight is 254 g/mol. The van der Waals surface area contributed by atoms with Gasteiger partial charge in [-0.1, -0.05) is 24.3 Å². The summed E-state index contributed by atoms with van der Waals surface area (Å²) in [5.41, 5.74) is 10.2. The predicted octanol–water partition coefficient (Wildman–Crippen LogP) is 2.99. The van der Waals surface area contributed by atoms with Crippen LogP contribution in [0.4, 0.5) is 11.4 Å². The van der Waals surface area contributed by atoms with Crippen LogP contribution >= 0.6 is 0 Å². The summed E-state index contributed by atoms with van der Waals surface area (Å²) in [6.45, 7) is 2.80. The van der Waals surface area contributed by atoms with Gasteiger partial charge in [0.1, 0.15) is 11.9 Å². The van der Waals surface area contributed by atoms with E-state index in [1.54, 1.807) is 0 Å². The van der Waals surface area contributed by atoms with Gasteiger partial charge in [-0.15, -0.1) is 0 Å². The van der Waals surface area contributed by atoms with Crippen molar-refractivity contribution in [2.24, 2.45) is 0 Å². The maximum absolute atomic E-state index is 5.99. The monoisotopic (exact) mass is 254 g/mol. The summed E-state index contributed by atoms with van der Waals surface area (Å²) in [6.07, 6.45) is 1.13. The van der Waals surface area contributed by atoms with E-state index in [0.717, 1.165) is 30.1 Å². The summed E-state index contributed by atoms with van der Waals surface area (Å²) in [5, 5.41) is 3.37. The standard InChI is InChI=1S/C16H18N2O/c1-11-6-7-15(14(17)8-11)18-10-13-9-12-4-2-3-5-16(12)19-13/h2-8,13,18H,9-10,17H2,1H3. The zero-order valence-electron chi connectivity index (χ0n) is 11.0. The number of hydrogen-bond donors (Lipinski definition) is 2. The molecule has 3 heteroatoms. The number of fused-ring (bicyclic) bond motifs is 1. The minimum atomic E-state index is 0.179. The number of para-hydroxylation sites is 1. The molecule has 1 aliphatic heterocycles. The van der Waals surface area contributed by atoms with Crippen LogP contribution in [0.1, 0.15) is 11.1 Å². The van der Waals surface area contributed by atoms with Gasteiger partial charge in [-0.05, 0) is 36.2 Å². The van der Waals surface area contributed by atoms with E-state index < -0.39 is 0 Å². The minimum absolute atomic E-state index is 0.179. The van der Waals surface area contributed by atoms with Gasteiger partial charge in [0.2, 0.25) is 0 Å². The van der Waals surface area contributed by atoms with Gasteiger partial charge in [-0.25, -0.2) is 0 Å². The van der Waals surface area contributed by atoms with E-state index in [9.17, 15) is 0 Å². The molecule has 3 N–H and O–H groups in total. The van der Waals surface area contributed by atoms with Crippen molar-refractivity contribution in [1.29, 1.82) is 0 Å². The molecule has 2 aromatic rings. The van der Waals surface area contributed by atoms with Crippen LogP contribution in [-0.2, 0) is 6.42 Å². The first-order chi connectivity index (χ1) is 9.22. The lowest BCUT2D eigenvalue weighted by molar-refractivity contribution is 0.246. The first kappa shape index (κ1) is 11.9. The number of nitrogens with one attached hydrogen (secondary N) is 1. The van der Waals surface area contributed by atoms with Gasteiger partial charge in [0, 0.05) is 6.42 Å². The number of benzene rings is 2. The fraction of sp³-hybridized carbons (Fsp3) is 0.250. The normalized spacial score (nSPS) is 16.8. The zero-order valence-corrected chi connectivity index (χ0v) is 11.0. The Labute approximate surface area is 113 Å². The van der Waals surface area contributed by atoms with Crippen LogP contribution in [0.25, 0.3) is 0 Å². The van der Waals surface area contributed by atoms with Crippen LogP contribution in [0.3, 0.4) is 0 Å². The molecule has 0 saturated heterocycles. The Morgan fingerprint density at radius 1 is 1.26 bits per heavy atom. The molecule has 1 heterocycles. The third-order valence-corrected chi connectivity index (χ3v) is 3.44. The summed E-state index contributed by atoms with van der Waals surface area (Å²) < 4.78 is 5.89. The Hall–Kier alpha value is -2.16. The molecule has 0 fully saturated rings. The zero-order chi connectivity index (χ0) is 13.2. The van der Waals surface area contributed by atoms with E-state index in [-0.39, 0.29) is 6.10 Å². The molecule has 1 atom stereocenters. The van der Waals surface area contributed by atoms with Gasteiger partial charge in [0.05, 0.1) is 17.9 Å². The SMILES string of the molecule is Cc1ccc(NCC2Cc3ccccc3O2)c(N)c1. The number of hydrogen-bond acceptors (Lipinski definition) is 3. The van der Waals surface area contributed by atoms with Gasteiger partial charge in [0.25, 0.3) is 0 Å². The third kappa shape index (κ3) is 2.50. The van der Waals surface area contributed by atoms with E-state index >= 15 is 0 Å². The number of nitrogen functional groups attached to an aromatic ring is 1. The summed E-state index contributed by atoms with van der Waals surface area (Å²) in [5.74, 6) is 1.01. The molecule has 0 amide bonds. The van der Waals surface area contributed by atoms with Crippen LogP contribution in [0.5, 0.6) is 5.75 Å². The van der Waals surface area contributed by atoms with Crippen LogP contribution in [-0.4, -0.2) is 12.6 Å². The number of nitrogens with two attached hydrogens (primary N) is 1. The fourth-order valence-corrected chi connectivity index (χ4v) is 2.43. The molecule has 0 radical (unpaired) electrons. The van der Waals surface area contributed by atoms with Crippen molar-refractivity contribution in [3.05, 3.63) is 53.6 Å². The Morgan fingerprint density at radius 3 is 2.89 bits per heavy atom. The second-order valence-electron chi connectivity index (χ2n) is 5.02. The lowest BCUT2D eigenvalue weighted by Crippen LogP contribution is -2.24. The maximum Gasteiger partial charge on any atom is 0.123 e. The van der Waals surface area contributed by atoms with Crippen molar-refractivity contribution in [2.75, 3.05) is 17.6 Å². The van der Waals surface area contributed by atoms with Gasteiger partial charge in [-0.2, -0.15) is 0 Å². The number of rotatable bonds is 3. The highest BCUT2D eigenvalue weighted by Gasteiger charge is 2.21. The Morgan fingerprint density at radius 2 is 2.11 bits per heavy atom. The Kier molecular flexibility index (Phi) is 3.03. The molecule has 3 rings (SSSR count). The van der Waals surface area contributed by atoms with Crippen molar-refractivity contribution >= 4 is 11.4 Å². The summed E-state index contributed by atoms with van der Waals surface area (Å²) in [6, 6.07) is 14.3. The van der Waals surface area contributed by atoms with Crippen LogP contribution in [0, 0.1) is 6.92 Å². The second kappa shape index (κ2) is 4.84. The Balaban J connectivity index is 1.63.